The molecule has 0 aliphatic heterocycles. The molecule has 1 heteroatoms. The molecule has 1 nitrogen and oxygen atoms in total. The first-order valence-corrected chi connectivity index (χ1v) is 5.53. The third-order valence-electron chi connectivity index (χ3n) is 3.45. The van der Waals surface area contributed by atoms with Crippen LogP contribution in [0.5, 0.6) is 0 Å². The molecule has 76 valence electrons. The predicted molar refractivity (Wildman–Crippen MR) is 65.0 cm³/mol. The van der Waals surface area contributed by atoms with Gasteiger partial charge in [-0.1, -0.05) is 31.2 Å². The molecule has 0 amide bonds. The third kappa shape index (κ3) is 1.09. The minimum Gasteiger partial charge on any atom is -0.344 e. The fraction of sp³-hybridized carbons (Fsp3) is 0.286. The number of benzene rings is 1. The number of para-hydroxylation sites is 1. The van der Waals surface area contributed by atoms with Crippen molar-refractivity contribution in [3.05, 3.63) is 41.6 Å². The number of aromatic nitrogens is 1. The first kappa shape index (κ1) is 8.78. The van der Waals surface area contributed by atoms with Crippen LogP contribution in [0.2, 0.25) is 0 Å². The SMILES string of the molecule is CC1CC=Cc2c1c1ccccc1n2C. The summed E-state index contributed by atoms with van der Waals surface area (Å²) in [5, 5.41) is 1.42. The monoisotopic (exact) mass is 197 g/mol. The summed E-state index contributed by atoms with van der Waals surface area (Å²) in [6.07, 6.45) is 5.71. The summed E-state index contributed by atoms with van der Waals surface area (Å²) in [4.78, 5) is 0. The molecule has 1 aromatic carbocycles. The molecule has 0 fully saturated rings. The van der Waals surface area contributed by atoms with Crippen LogP contribution in [0.25, 0.3) is 17.0 Å². The molecule has 3 rings (SSSR count). The van der Waals surface area contributed by atoms with Crippen LogP contribution in [0.3, 0.4) is 0 Å². The van der Waals surface area contributed by atoms with Crippen molar-refractivity contribution in [2.24, 2.45) is 7.05 Å². The molecule has 1 heterocycles. The molecule has 1 aliphatic carbocycles. The van der Waals surface area contributed by atoms with Gasteiger partial charge in [-0.15, -0.1) is 0 Å². The van der Waals surface area contributed by atoms with Crippen molar-refractivity contribution in [2.75, 3.05) is 0 Å². The van der Waals surface area contributed by atoms with E-state index in [4.69, 9.17) is 0 Å². The smallest absolute Gasteiger partial charge is 0.0485 e. The number of fused-ring (bicyclic) bond motifs is 3. The molecule has 0 spiro atoms. The normalized spacial score (nSPS) is 19.5. The highest BCUT2D eigenvalue weighted by atomic mass is 14.9. The maximum Gasteiger partial charge on any atom is 0.0485 e. The van der Waals surface area contributed by atoms with E-state index in [1.54, 1.807) is 0 Å². The first-order valence-electron chi connectivity index (χ1n) is 5.53. The van der Waals surface area contributed by atoms with Gasteiger partial charge < -0.3 is 4.57 Å². The van der Waals surface area contributed by atoms with E-state index in [-0.39, 0.29) is 0 Å². The Morgan fingerprint density at radius 1 is 1.27 bits per heavy atom. The highest BCUT2D eigenvalue weighted by Crippen LogP contribution is 2.36. The van der Waals surface area contributed by atoms with Crippen LogP contribution >= 0.6 is 0 Å². The number of rotatable bonds is 0. The summed E-state index contributed by atoms with van der Waals surface area (Å²) in [5.41, 5.74) is 4.26. The Morgan fingerprint density at radius 2 is 2.07 bits per heavy atom. The fourth-order valence-electron chi connectivity index (χ4n) is 2.66. The van der Waals surface area contributed by atoms with E-state index in [0.29, 0.717) is 5.92 Å². The lowest BCUT2D eigenvalue weighted by Crippen LogP contribution is -2.00. The van der Waals surface area contributed by atoms with E-state index in [2.05, 4.69) is 55.0 Å². The average Bonchev–Trinajstić information content (AvgIpc) is 2.55. The maximum atomic E-state index is 2.31. The topological polar surface area (TPSA) is 4.93 Å². The Bertz CT molecular complexity index is 546. The second kappa shape index (κ2) is 2.99. The summed E-state index contributed by atoms with van der Waals surface area (Å²) >= 11 is 0. The van der Waals surface area contributed by atoms with E-state index in [1.165, 1.54) is 28.6 Å². The summed E-state index contributed by atoms with van der Waals surface area (Å²) in [6, 6.07) is 8.69. The van der Waals surface area contributed by atoms with Crippen LogP contribution in [0.1, 0.15) is 30.5 Å². The molecule has 0 saturated heterocycles. The Labute approximate surface area is 90.0 Å². The van der Waals surface area contributed by atoms with E-state index < -0.39 is 0 Å². The van der Waals surface area contributed by atoms with Gasteiger partial charge in [-0.3, -0.25) is 0 Å². The lowest BCUT2D eigenvalue weighted by atomic mass is 9.91. The number of aryl methyl sites for hydroxylation is 1. The van der Waals surface area contributed by atoms with Crippen molar-refractivity contribution in [2.45, 2.75) is 19.3 Å². The van der Waals surface area contributed by atoms with Gasteiger partial charge in [0.25, 0.3) is 0 Å². The van der Waals surface area contributed by atoms with Gasteiger partial charge in [-0.2, -0.15) is 0 Å². The molecule has 1 unspecified atom stereocenters. The second-order valence-electron chi connectivity index (χ2n) is 4.41. The molecule has 1 aromatic heterocycles. The van der Waals surface area contributed by atoms with Crippen molar-refractivity contribution >= 4 is 17.0 Å². The van der Waals surface area contributed by atoms with Crippen molar-refractivity contribution in [3.8, 4) is 0 Å². The van der Waals surface area contributed by atoms with Crippen molar-refractivity contribution in [1.29, 1.82) is 0 Å². The number of nitrogens with zero attached hydrogens (tertiary/aromatic N) is 1. The average molecular weight is 197 g/mol. The highest BCUT2D eigenvalue weighted by Gasteiger charge is 2.19. The second-order valence-corrected chi connectivity index (χ2v) is 4.41. The summed E-state index contributed by atoms with van der Waals surface area (Å²) in [6.45, 7) is 2.31. The zero-order valence-electron chi connectivity index (χ0n) is 9.20. The molecule has 0 N–H and O–H groups in total. The molecule has 0 radical (unpaired) electrons. The summed E-state index contributed by atoms with van der Waals surface area (Å²) in [7, 11) is 2.16. The number of allylic oxidation sites excluding steroid dienone is 1. The number of hydrogen-bond donors (Lipinski definition) is 0. The zero-order chi connectivity index (χ0) is 10.4. The van der Waals surface area contributed by atoms with Crippen molar-refractivity contribution in [3.63, 3.8) is 0 Å². The minimum absolute atomic E-state index is 0.649. The third-order valence-corrected chi connectivity index (χ3v) is 3.45. The fourth-order valence-corrected chi connectivity index (χ4v) is 2.66. The molecule has 15 heavy (non-hydrogen) atoms. The molecule has 1 atom stereocenters. The van der Waals surface area contributed by atoms with Crippen LogP contribution in [0, 0.1) is 0 Å². The van der Waals surface area contributed by atoms with Gasteiger partial charge in [0.1, 0.15) is 0 Å². The van der Waals surface area contributed by atoms with E-state index in [1.807, 2.05) is 0 Å². The lowest BCUT2D eigenvalue weighted by Gasteiger charge is -2.15. The largest absolute Gasteiger partial charge is 0.344 e. The highest BCUT2D eigenvalue weighted by molar-refractivity contribution is 5.89. The van der Waals surface area contributed by atoms with Crippen LogP contribution in [0.15, 0.2) is 30.3 Å². The Balaban J connectivity index is 2.47. The van der Waals surface area contributed by atoms with Gasteiger partial charge in [-0.05, 0) is 30.0 Å². The van der Waals surface area contributed by atoms with Crippen molar-refractivity contribution < 1.29 is 0 Å². The van der Waals surface area contributed by atoms with Crippen molar-refractivity contribution in [1.82, 2.24) is 4.57 Å². The first-order chi connectivity index (χ1) is 7.29. The summed E-state index contributed by atoms with van der Waals surface area (Å²) in [5.74, 6) is 0.649. The molecule has 1 aliphatic rings. The lowest BCUT2D eigenvalue weighted by molar-refractivity contribution is 0.765. The quantitative estimate of drug-likeness (QED) is 0.607. The van der Waals surface area contributed by atoms with Gasteiger partial charge in [-0.25, -0.2) is 0 Å². The van der Waals surface area contributed by atoms with Gasteiger partial charge in [0, 0.05) is 23.6 Å². The van der Waals surface area contributed by atoms with Gasteiger partial charge in [0.15, 0.2) is 0 Å². The van der Waals surface area contributed by atoms with Crippen LogP contribution in [-0.4, -0.2) is 4.57 Å². The number of hydrogen-bond acceptors (Lipinski definition) is 0. The Kier molecular flexibility index (Phi) is 1.75. The molecule has 0 saturated carbocycles. The minimum atomic E-state index is 0.649. The zero-order valence-corrected chi connectivity index (χ0v) is 9.20. The predicted octanol–water partition coefficient (Wildman–Crippen LogP) is 3.70. The summed E-state index contributed by atoms with van der Waals surface area (Å²) < 4.78 is 2.30. The van der Waals surface area contributed by atoms with E-state index >= 15 is 0 Å². The van der Waals surface area contributed by atoms with Crippen LogP contribution in [0.4, 0.5) is 0 Å². The van der Waals surface area contributed by atoms with Gasteiger partial charge in [0.2, 0.25) is 0 Å². The molecular formula is C14H15N. The Hall–Kier alpha value is -1.50. The van der Waals surface area contributed by atoms with Crippen LogP contribution < -0.4 is 0 Å². The van der Waals surface area contributed by atoms with Gasteiger partial charge in [0.05, 0.1) is 0 Å². The maximum absolute atomic E-state index is 2.31. The van der Waals surface area contributed by atoms with Gasteiger partial charge >= 0.3 is 0 Å². The standard InChI is InChI=1S/C14H15N/c1-10-6-5-9-13-14(10)11-7-3-4-8-12(11)15(13)2/h3-5,7-10H,6H2,1-2H3. The van der Waals surface area contributed by atoms with Crippen LogP contribution in [-0.2, 0) is 7.05 Å². The molecular weight excluding hydrogens is 182 g/mol. The molecule has 0 bridgehead atoms. The van der Waals surface area contributed by atoms with E-state index in [9.17, 15) is 0 Å². The Morgan fingerprint density at radius 3 is 2.93 bits per heavy atom. The molecule has 2 aromatic rings. The van der Waals surface area contributed by atoms with E-state index in [0.717, 1.165) is 0 Å².